The summed E-state index contributed by atoms with van der Waals surface area (Å²) in [5.41, 5.74) is 5.36. The van der Waals surface area contributed by atoms with E-state index in [0.717, 1.165) is 48.7 Å². The zero-order valence-electron chi connectivity index (χ0n) is 22.2. The summed E-state index contributed by atoms with van der Waals surface area (Å²) in [5, 5.41) is 7.73. The SMILES string of the molecule is CC(=O)Nc1c(-c2ccc(C)cc2)c(C)nn1-c1ccc(C(=O)N2CCN(C3CCCCC3)CC2)cc1. The monoisotopic (exact) mass is 499 g/mol. The number of rotatable bonds is 5. The van der Waals surface area contributed by atoms with Gasteiger partial charge in [-0.05, 0) is 56.5 Å². The Morgan fingerprint density at radius 1 is 0.865 bits per heavy atom. The summed E-state index contributed by atoms with van der Waals surface area (Å²) in [6, 6.07) is 16.4. The fourth-order valence-electron chi connectivity index (χ4n) is 5.73. The first kappa shape index (κ1) is 25.2. The highest BCUT2D eigenvalue weighted by Gasteiger charge is 2.27. The van der Waals surface area contributed by atoms with Crippen molar-refractivity contribution in [3.8, 4) is 16.8 Å². The molecule has 7 nitrogen and oxygen atoms in total. The van der Waals surface area contributed by atoms with Crippen LogP contribution in [0.2, 0.25) is 0 Å². The van der Waals surface area contributed by atoms with Gasteiger partial charge in [-0.3, -0.25) is 14.5 Å². The Balaban J connectivity index is 1.33. The van der Waals surface area contributed by atoms with Crippen LogP contribution in [0.25, 0.3) is 16.8 Å². The maximum atomic E-state index is 13.2. The van der Waals surface area contributed by atoms with Crippen molar-refractivity contribution in [3.05, 3.63) is 65.4 Å². The van der Waals surface area contributed by atoms with Crippen molar-refractivity contribution in [2.24, 2.45) is 0 Å². The lowest BCUT2D eigenvalue weighted by Gasteiger charge is -2.40. The van der Waals surface area contributed by atoms with Crippen LogP contribution >= 0.6 is 0 Å². The third-order valence-electron chi connectivity index (χ3n) is 7.75. The predicted octanol–water partition coefficient (Wildman–Crippen LogP) is 5.21. The number of aryl methyl sites for hydroxylation is 2. The molecule has 2 aromatic carbocycles. The Morgan fingerprint density at radius 2 is 1.51 bits per heavy atom. The quantitative estimate of drug-likeness (QED) is 0.524. The molecule has 1 saturated carbocycles. The molecule has 0 unspecified atom stereocenters. The van der Waals surface area contributed by atoms with Crippen LogP contribution in [0, 0.1) is 13.8 Å². The Hall–Kier alpha value is -3.45. The van der Waals surface area contributed by atoms with Gasteiger partial charge >= 0.3 is 0 Å². The summed E-state index contributed by atoms with van der Waals surface area (Å²) in [6.45, 7) is 8.98. The molecule has 2 amide bonds. The highest BCUT2D eigenvalue weighted by atomic mass is 16.2. The van der Waals surface area contributed by atoms with E-state index in [4.69, 9.17) is 5.10 Å². The topological polar surface area (TPSA) is 70.5 Å². The van der Waals surface area contributed by atoms with Crippen LogP contribution in [0.1, 0.15) is 60.6 Å². The zero-order valence-corrected chi connectivity index (χ0v) is 22.2. The van der Waals surface area contributed by atoms with Gasteiger partial charge in [-0.1, -0.05) is 49.1 Å². The molecule has 7 heteroatoms. The number of carbonyl (C=O) groups excluding carboxylic acids is 2. The number of carbonyl (C=O) groups is 2. The maximum absolute atomic E-state index is 13.2. The molecule has 2 aliphatic rings. The van der Waals surface area contributed by atoms with Crippen LogP contribution in [0.3, 0.4) is 0 Å². The smallest absolute Gasteiger partial charge is 0.253 e. The van der Waals surface area contributed by atoms with E-state index in [1.165, 1.54) is 44.6 Å². The molecule has 1 aromatic heterocycles. The number of nitrogens with zero attached hydrogens (tertiary/aromatic N) is 4. The summed E-state index contributed by atoms with van der Waals surface area (Å²) >= 11 is 0. The highest BCUT2D eigenvalue weighted by molar-refractivity contribution is 5.95. The number of aromatic nitrogens is 2. The Morgan fingerprint density at radius 3 is 2.14 bits per heavy atom. The van der Waals surface area contributed by atoms with E-state index in [1.54, 1.807) is 4.68 Å². The molecule has 2 fully saturated rings. The molecule has 0 radical (unpaired) electrons. The molecule has 0 atom stereocenters. The number of hydrogen-bond donors (Lipinski definition) is 1. The van der Waals surface area contributed by atoms with E-state index < -0.39 is 0 Å². The summed E-state index contributed by atoms with van der Waals surface area (Å²) in [5.74, 6) is 0.550. The molecular formula is C30H37N5O2. The number of anilines is 1. The van der Waals surface area contributed by atoms with Gasteiger partial charge in [0.15, 0.2) is 0 Å². The number of hydrogen-bond acceptors (Lipinski definition) is 4. The van der Waals surface area contributed by atoms with Gasteiger partial charge in [0.25, 0.3) is 5.91 Å². The van der Waals surface area contributed by atoms with Gasteiger partial charge in [-0.25, -0.2) is 4.68 Å². The van der Waals surface area contributed by atoms with Crippen LogP contribution in [0.5, 0.6) is 0 Å². The fourth-order valence-corrected chi connectivity index (χ4v) is 5.73. The number of nitrogens with one attached hydrogen (secondary N) is 1. The predicted molar refractivity (Wildman–Crippen MR) is 147 cm³/mol. The minimum absolute atomic E-state index is 0.0777. The third-order valence-corrected chi connectivity index (χ3v) is 7.75. The van der Waals surface area contributed by atoms with Crippen LogP contribution in [0.15, 0.2) is 48.5 Å². The van der Waals surface area contributed by atoms with Crippen LogP contribution in [-0.4, -0.2) is 63.6 Å². The molecule has 1 N–H and O–H groups in total. The normalized spacial score (nSPS) is 17.1. The van der Waals surface area contributed by atoms with E-state index in [-0.39, 0.29) is 11.8 Å². The van der Waals surface area contributed by atoms with Gasteiger partial charge in [0.05, 0.1) is 11.4 Å². The molecule has 1 saturated heterocycles. The molecule has 0 spiro atoms. The molecule has 1 aliphatic carbocycles. The minimum Gasteiger partial charge on any atom is -0.336 e. The summed E-state index contributed by atoms with van der Waals surface area (Å²) in [4.78, 5) is 29.9. The average molecular weight is 500 g/mol. The van der Waals surface area contributed by atoms with E-state index >= 15 is 0 Å². The second-order valence-corrected chi connectivity index (χ2v) is 10.4. The van der Waals surface area contributed by atoms with E-state index in [9.17, 15) is 9.59 Å². The highest BCUT2D eigenvalue weighted by Crippen LogP contribution is 2.34. The van der Waals surface area contributed by atoms with Crippen molar-refractivity contribution in [2.45, 2.75) is 58.9 Å². The van der Waals surface area contributed by atoms with Crippen molar-refractivity contribution in [2.75, 3.05) is 31.5 Å². The second-order valence-electron chi connectivity index (χ2n) is 10.4. The van der Waals surface area contributed by atoms with E-state index in [2.05, 4.69) is 22.3 Å². The standard InChI is InChI=1S/C30H37N5O2/c1-21-9-11-24(12-10-21)28-22(2)32-35(29(28)31-23(3)36)27-15-13-25(14-16-27)30(37)34-19-17-33(18-20-34)26-7-5-4-6-8-26/h9-16,26H,4-8,17-20H2,1-3H3,(H,31,36). The molecule has 3 aromatic rings. The van der Waals surface area contributed by atoms with Crippen molar-refractivity contribution in [1.82, 2.24) is 19.6 Å². The lowest BCUT2D eigenvalue weighted by molar-refractivity contribution is -0.114. The van der Waals surface area contributed by atoms with Crippen LogP contribution in [-0.2, 0) is 4.79 Å². The van der Waals surface area contributed by atoms with Gasteiger partial charge in [0.2, 0.25) is 5.91 Å². The summed E-state index contributed by atoms with van der Waals surface area (Å²) in [7, 11) is 0. The van der Waals surface area contributed by atoms with E-state index in [1.807, 2.05) is 55.1 Å². The van der Waals surface area contributed by atoms with Crippen molar-refractivity contribution < 1.29 is 9.59 Å². The average Bonchev–Trinajstić information content (AvgIpc) is 3.24. The number of piperazine rings is 1. The second kappa shape index (κ2) is 10.9. The first-order valence-electron chi connectivity index (χ1n) is 13.5. The van der Waals surface area contributed by atoms with Crippen molar-refractivity contribution in [3.63, 3.8) is 0 Å². The minimum atomic E-state index is -0.159. The molecule has 5 rings (SSSR count). The number of amides is 2. The Labute approximate surface area is 219 Å². The van der Waals surface area contributed by atoms with Crippen molar-refractivity contribution in [1.29, 1.82) is 0 Å². The van der Waals surface area contributed by atoms with E-state index in [0.29, 0.717) is 17.4 Å². The van der Waals surface area contributed by atoms with Gasteiger partial charge in [0, 0.05) is 50.3 Å². The maximum Gasteiger partial charge on any atom is 0.253 e. The number of benzene rings is 2. The first-order valence-corrected chi connectivity index (χ1v) is 13.5. The van der Waals surface area contributed by atoms with Gasteiger partial charge in [-0.2, -0.15) is 5.10 Å². The van der Waals surface area contributed by atoms with Crippen molar-refractivity contribution >= 4 is 17.6 Å². The largest absolute Gasteiger partial charge is 0.336 e. The molecule has 0 bridgehead atoms. The van der Waals surface area contributed by atoms with Gasteiger partial charge < -0.3 is 10.2 Å². The lowest BCUT2D eigenvalue weighted by atomic mass is 9.94. The zero-order chi connectivity index (χ0) is 25.9. The fraction of sp³-hybridized carbons (Fsp3) is 0.433. The molecular weight excluding hydrogens is 462 g/mol. The van der Waals surface area contributed by atoms with Crippen LogP contribution in [0.4, 0.5) is 5.82 Å². The molecule has 1 aliphatic heterocycles. The summed E-state index contributed by atoms with van der Waals surface area (Å²) < 4.78 is 1.75. The molecule has 2 heterocycles. The Bertz CT molecular complexity index is 1250. The first-order chi connectivity index (χ1) is 17.9. The third kappa shape index (κ3) is 5.47. The molecule has 37 heavy (non-hydrogen) atoms. The van der Waals surface area contributed by atoms with Gasteiger partial charge in [-0.15, -0.1) is 0 Å². The lowest BCUT2D eigenvalue weighted by Crippen LogP contribution is -2.52. The summed E-state index contributed by atoms with van der Waals surface area (Å²) in [6.07, 6.45) is 6.63. The van der Waals surface area contributed by atoms with Crippen LogP contribution < -0.4 is 5.32 Å². The Kier molecular flexibility index (Phi) is 7.42. The molecule has 194 valence electrons. The van der Waals surface area contributed by atoms with Gasteiger partial charge in [0.1, 0.15) is 5.82 Å².